The average Bonchev–Trinajstić information content (AvgIpc) is 2.54. The Labute approximate surface area is 133 Å². The molecule has 0 amide bonds. The third kappa shape index (κ3) is 3.28. The molecule has 0 spiro atoms. The van der Waals surface area contributed by atoms with Crippen LogP contribution in [0.3, 0.4) is 0 Å². The Morgan fingerprint density at radius 2 is 2.10 bits per heavy atom. The molecule has 1 aliphatic rings. The van der Waals surface area contributed by atoms with Crippen LogP contribution in [-0.2, 0) is 17.7 Å². The van der Waals surface area contributed by atoms with E-state index >= 15 is 0 Å². The molecule has 1 aliphatic heterocycles. The fourth-order valence-electron chi connectivity index (χ4n) is 2.58. The summed E-state index contributed by atoms with van der Waals surface area (Å²) < 4.78 is 12.8. The molecule has 0 bridgehead atoms. The summed E-state index contributed by atoms with van der Waals surface area (Å²) in [6.07, 6.45) is 0.974. The number of fused-ring (bicyclic) bond motifs is 1. The summed E-state index contributed by atoms with van der Waals surface area (Å²) in [7, 11) is 0. The van der Waals surface area contributed by atoms with Gasteiger partial charge >= 0.3 is 0 Å². The molecule has 0 fully saturated rings. The standard InChI is InChI=1S/C17H18BrNO2/c18-16-6-5-14(9-13(16)10-19)21-11-17-15-4-2-1-3-12(15)7-8-20-17/h1-6,9,17H,7-8,10-11,19H2. The lowest BCUT2D eigenvalue weighted by atomic mass is 9.98. The minimum absolute atomic E-state index is 0.0000710. The van der Waals surface area contributed by atoms with Crippen molar-refractivity contribution in [1.82, 2.24) is 0 Å². The number of hydrogen-bond acceptors (Lipinski definition) is 3. The molecule has 2 aromatic rings. The molecule has 0 saturated carbocycles. The minimum atomic E-state index is -0.0000710. The predicted molar refractivity (Wildman–Crippen MR) is 86.4 cm³/mol. The van der Waals surface area contributed by atoms with Crippen molar-refractivity contribution in [2.75, 3.05) is 13.2 Å². The van der Waals surface area contributed by atoms with E-state index in [1.807, 2.05) is 24.3 Å². The molecule has 2 aromatic carbocycles. The van der Waals surface area contributed by atoms with E-state index in [0.29, 0.717) is 13.2 Å². The molecule has 2 N–H and O–H groups in total. The van der Waals surface area contributed by atoms with E-state index in [9.17, 15) is 0 Å². The molecule has 0 aromatic heterocycles. The Bertz CT molecular complexity index is 630. The summed E-state index contributed by atoms with van der Waals surface area (Å²) in [6.45, 7) is 1.75. The van der Waals surface area contributed by atoms with Crippen LogP contribution in [0.15, 0.2) is 46.9 Å². The van der Waals surface area contributed by atoms with Gasteiger partial charge in [0.05, 0.1) is 6.61 Å². The normalized spacial score (nSPS) is 17.3. The van der Waals surface area contributed by atoms with Crippen LogP contribution in [0.4, 0.5) is 0 Å². The number of ether oxygens (including phenoxy) is 2. The Morgan fingerprint density at radius 3 is 2.95 bits per heavy atom. The van der Waals surface area contributed by atoms with Gasteiger partial charge in [-0.25, -0.2) is 0 Å². The van der Waals surface area contributed by atoms with Crippen LogP contribution in [0.5, 0.6) is 5.75 Å². The van der Waals surface area contributed by atoms with Gasteiger partial charge in [-0.1, -0.05) is 40.2 Å². The topological polar surface area (TPSA) is 44.5 Å². The second-order valence-electron chi connectivity index (χ2n) is 5.08. The Kier molecular flexibility index (Phi) is 4.58. The lowest BCUT2D eigenvalue weighted by molar-refractivity contribution is 0.0102. The number of rotatable bonds is 4. The molecule has 0 aliphatic carbocycles. The molecule has 110 valence electrons. The first-order valence-electron chi connectivity index (χ1n) is 7.08. The lowest BCUT2D eigenvalue weighted by Gasteiger charge is -2.26. The SMILES string of the molecule is NCc1cc(OCC2OCCc3ccccc32)ccc1Br. The second kappa shape index (κ2) is 6.60. The first kappa shape index (κ1) is 14.6. The second-order valence-corrected chi connectivity index (χ2v) is 5.93. The first-order valence-corrected chi connectivity index (χ1v) is 7.88. The molecule has 4 heteroatoms. The van der Waals surface area contributed by atoms with Crippen molar-refractivity contribution in [3.8, 4) is 5.75 Å². The van der Waals surface area contributed by atoms with Crippen LogP contribution in [0.2, 0.25) is 0 Å². The third-order valence-corrected chi connectivity index (χ3v) is 4.50. The van der Waals surface area contributed by atoms with Crippen molar-refractivity contribution in [3.05, 3.63) is 63.6 Å². The van der Waals surface area contributed by atoms with Crippen molar-refractivity contribution in [2.24, 2.45) is 5.73 Å². The molecular formula is C17H18BrNO2. The first-order chi connectivity index (χ1) is 10.3. The number of halogens is 1. The van der Waals surface area contributed by atoms with E-state index in [2.05, 4.69) is 34.1 Å². The monoisotopic (exact) mass is 347 g/mol. The highest BCUT2D eigenvalue weighted by Crippen LogP contribution is 2.28. The van der Waals surface area contributed by atoms with E-state index in [1.54, 1.807) is 0 Å². The van der Waals surface area contributed by atoms with Gasteiger partial charge in [0.1, 0.15) is 18.5 Å². The average molecular weight is 348 g/mol. The Hall–Kier alpha value is -1.36. The summed E-state index contributed by atoms with van der Waals surface area (Å²) in [4.78, 5) is 0. The zero-order valence-corrected chi connectivity index (χ0v) is 13.3. The van der Waals surface area contributed by atoms with Gasteiger partial charge in [0.2, 0.25) is 0 Å². The van der Waals surface area contributed by atoms with E-state index in [-0.39, 0.29) is 6.10 Å². The zero-order valence-electron chi connectivity index (χ0n) is 11.7. The van der Waals surface area contributed by atoms with Gasteiger partial charge in [0, 0.05) is 11.0 Å². The van der Waals surface area contributed by atoms with Crippen molar-refractivity contribution in [3.63, 3.8) is 0 Å². The van der Waals surface area contributed by atoms with Gasteiger partial charge in [0.15, 0.2) is 0 Å². The predicted octanol–water partition coefficient (Wildman–Crippen LogP) is 3.60. The van der Waals surface area contributed by atoms with Crippen molar-refractivity contribution in [1.29, 1.82) is 0 Å². The van der Waals surface area contributed by atoms with Crippen LogP contribution in [0.25, 0.3) is 0 Å². The highest BCUT2D eigenvalue weighted by molar-refractivity contribution is 9.10. The third-order valence-electron chi connectivity index (χ3n) is 3.73. The molecule has 1 atom stereocenters. The maximum atomic E-state index is 5.90. The quantitative estimate of drug-likeness (QED) is 0.918. The summed E-state index contributed by atoms with van der Waals surface area (Å²) in [5, 5.41) is 0. The smallest absolute Gasteiger partial charge is 0.119 e. The minimum Gasteiger partial charge on any atom is -0.491 e. The van der Waals surface area contributed by atoms with Crippen molar-refractivity contribution >= 4 is 15.9 Å². The maximum absolute atomic E-state index is 5.90. The van der Waals surface area contributed by atoms with Crippen LogP contribution in [-0.4, -0.2) is 13.2 Å². The number of nitrogens with two attached hydrogens (primary N) is 1. The van der Waals surface area contributed by atoms with Gasteiger partial charge in [-0.2, -0.15) is 0 Å². The summed E-state index contributed by atoms with van der Waals surface area (Å²) in [5.74, 6) is 0.824. The van der Waals surface area contributed by atoms with Crippen LogP contribution in [0, 0.1) is 0 Å². The summed E-state index contributed by atoms with van der Waals surface area (Å²) in [6, 6.07) is 14.3. The molecule has 1 unspecified atom stereocenters. The fourth-order valence-corrected chi connectivity index (χ4v) is 2.99. The fraction of sp³-hybridized carbons (Fsp3) is 0.294. The van der Waals surface area contributed by atoms with Crippen LogP contribution < -0.4 is 10.5 Å². The molecule has 1 heterocycles. The van der Waals surface area contributed by atoms with Gasteiger partial charge in [-0.05, 0) is 41.3 Å². The summed E-state index contributed by atoms with van der Waals surface area (Å²) >= 11 is 3.48. The molecule has 21 heavy (non-hydrogen) atoms. The van der Waals surface area contributed by atoms with E-state index in [0.717, 1.165) is 28.8 Å². The zero-order chi connectivity index (χ0) is 14.7. The van der Waals surface area contributed by atoms with Crippen molar-refractivity contribution < 1.29 is 9.47 Å². The Balaban J connectivity index is 1.71. The van der Waals surface area contributed by atoms with Gasteiger partial charge < -0.3 is 15.2 Å². The number of benzene rings is 2. The van der Waals surface area contributed by atoms with Gasteiger partial charge in [0.25, 0.3) is 0 Å². The lowest BCUT2D eigenvalue weighted by Crippen LogP contribution is -2.21. The highest BCUT2D eigenvalue weighted by atomic mass is 79.9. The highest BCUT2D eigenvalue weighted by Gasteiger charge is 2.21. The molecule has 3 rings (SSSR count). The van der Waals surface area contributed by atoms with Crippen molar-refractivity contribution in [2.45, 2.75) is 19.1 Å². The number of hydrogen-bond donors (Lipinski definition) is 1. The van der Waals surface area contributed by atoms with E-state index < -0.39 is 0 Å². The van der Waals surface area contributed by atoms with E-state index in [1.165, 1.54) is 11.1 Å². The largest absolute Gasteiger partial charge is 0.491 e. The van der Waals surface area contributed by atoms with E-state index in [4.69, 9.17) is 15.2 Å². The molecular weight excluding hydrogens is 330 g/mol. The molecule has 0 saturated heterocycles. The molecule has 0 radical (unpaired) electrons. The van der Waals surface area contributed by atoms with Gasteiger partial charge in [-0.3, -0.25) is 0 Å². The maximum Gasteiger partial charge on any atom is 0.119 e. The van der Waals surface area contributed by atoms with Gasteiger partial charge in [-0.15, -0.1) is 0 Å². The van der Waals surface area contributed by atoms with Crippen LogP contribution >= 0.6 is 15.9 Å². The van der Waals surface area contributed by atoms with Crippen LogP contribution in [0.1, 0.15) is 22.8 Å². The summed E-state index contributed by atoms with van der Waals surface area (Å²) in [5.41, 5.74) is 9.34. The Morgan fingerprint density at radius 1 is 1.24 bits per heavy atom. The molecule has 3 nitrogen and oxygen atoms in total.